The first-order valence-corrected chi connectivity index (χ1v) is 12.2. The Morgan fingerprint density at radius 3 is 2.61 bits per heavy atom. The number of fused-ring (bicyclic) bond motifs is 1. The Bertz CT molecular complexity index is 900. The van der Waals surface area contributed by atoms with Gasteiger partial charge in [-0.25, -0.2) is 9.67 Å². The lowest BCUT2D eigenvalue weighted by Crippen LogP contribution is -2.36. The van der Waals surface area contributed by atoms with Crippen LogP contribution in [0.25, 0.3) is 0 Å². The average Bonchev–Trinajstić information content (AvgIpc) is 3.42. The second kappa shape index (κ2) is 11.1. The number of hydrogen-bond donors (Lipinski definition) is 3. The van der Waals surface area contributed by atoms with Crippen LogP contribution in [-0.4, -0.2) is 60.8 Å². The fourth-order valence-electron chi connectivity index (χ4n) is 6.00. The van der Waals surface area contributed by atoms with Crippen LogP contribution in [0.3, 0.4) is 0 Å². The summed E-state index contributed by atoms with van der Waals surface area (Å²) in [5, 5.41) is 26.7. The molecule has 2 aromatic heterocycles. The highest BCUT2D eigenvalue weighted by Gasteiger charge is 2.42. The van der Waals surface area contributed by atoms with Crippen LogP contribution < -0.4 is 5.73 Å². The minimum atomic E-state index is -0.348. The van der Waals surface area contributed by atoms with Gasteiger partial charge in [0, 0.05) is 37.6 Å². The third kappa shape index (κ3) is 5.89. The molecule has 4 atom stereocenters. The molecule has 0 radical (unpaired) electrons. The highest BCUT2D eigenvalue weighted by molar-refractivity contribution is 5.38. The number of rotatable bonds is 5. The van der Waals surface area contributed by atoms with E-state index in [1.807, 2.05) is 10.7 Å². The Labute approximate surface area is 195 Å². The second-order valence-electron chi connectivity index (χ2n) is 9.87. The van der Waals surface area contributed by atoms with Crippen molar-refractivity contribution in [3.8, 4) is 0 Å². The maximum atomic E-state index is 10.9. The molecular weight excluding hydrogens is 420 g/mol. The molecule has 4 N–H and O–H groups in total. The van der Waals surface area contributed by atoms with E-state index < -0.39 is 0 Å². The second-order valence-corrected chi connectivity index (χ2v) is 9.87. The number of carbonyl (C=O) groups is 1. The van der Waals surface area contributed by atoms with Crippen molar-refractivity contribution < 1.29 is 15.0 Å². The molecule has 0 aromatic carbocycles. The van der Waals surface area contributed by atoms with Gasteiger partial charge in [-0.15, -0.1) is 5.10 Å². The summed E-state index contributed by atoms with van der Waals surface area (Å²) in [7, 11) is 0. The minimum absolute atomic E-state index is 0.0438. The van der Waals surface area contributed by atoms with Crippen LogP contribution in [0.4, 0.5) is 5.82 Å². The first kappa shape index (κ1) is 23.6. The average molecular weight is 457 g/mol. The standard InChI is InChI=1S/C23H34N6O.CH2O2/c24-23-17(7-4-8-25-23)12-28-13-18-10-21(22(30)11-19(18)14-28)29-15-20(26-27-29)9-16-5-2-1-3-6-16;2-1-3/h4,7-8,15-16,18-19,21-22,30H,1-3,5-6,9-14H2,(H2,24,25);1H,(H,2,3)/t18-,19+,21-,22-;/m1./s1. The molecule has 0 unspecified atom stereocenters. The van der Waals surface area contributed by atoms with Crippen molar-refractivity contribution in [2.75, 3.05) is 18.8 Å². The molecule has 1 saturated heterocycles. The molecule has 180 valence electrons. The number of aliphatic hydroxyl groups excluding tert-OH is 1. The molecule has 0 amide bonds. The lowest BCUT2D eigenvalue weighted by Gasteiger charge is -2.35. The minimum Gasteiger partial charge on any atom is -0.483 e. The Balaban J connectivity index is 0.000000821. The molecule has 33 heavy (non-hydrogen) atoms. The first-order valence-electron chi connectivity index (χ1n) is 12.2. The fraction of sp³-hybridized carbons (Fsp3) is 0.667. The zero-order chi connectivity index (χ0) is 23.2. The van der Waals surface area contributed by atoms with Gasteiger partial charge < -0.3 is 15.9 Å². The molecule has 2 aromatic rings. The van der Waals surface area contributed by atoms with Crippen LogP contribution in [0.1, 0.15) is 62.2 Å². The van der Waals surface area contributed by atoms with Gasteiger partial charge in [-0.3, -0.25) is 9.69 Å². The summed E-state index contributed by atoms with van der Waals surface area (Å²) in [6.45, 7) is 2.65. The first-order chi connectivity index (χ1) is 16.1. The van der Waals surface area contributed by atoms with E-state index in [4.69, 9.17) is 15.6 Å². The van der Waals surface area contributed by atoms with Crippen LogP contribution in [0, 0.1) is 17.8 Å². The van der Waals surface area contributed by atoms with Crippen molar-refractivity contribution in [3.63, 3.8) is 0 Å². The highest BCUT2D eigenvalue weighted by atomic mass is 16.3. The van der Waals surface area contributed by atoms with Gasteiger partial charge in [0.05, 0.1) is 17.8 Å². The van der Waals surface area contributed by atoms with Crippen LogP contribution in [-0.2, 0) is 17.8 Å². The smallest absolute Gasteiger partial charge is 0.290 e. The van der Waals surface area contributed by atoms with Crippen LogP contribution in [0.5, 0.6) is 0 Å². The van der Waals surface area contributed by atoms with E-state index in [1.54, 1.807) is 6.20 Å². The van der Waals surface area contributed by atoms with Crippen molar-refractivity contribution in [1.29, 1.82) is 0 Å². The quantitative estimate of drug-likeness (QED) is 0.585. The molecule has 3 fully saturated rings. The van der Waals surface area contributed by atoms with Crippen molar-refractivity contribution in [2.45, 2.75) is 70.1 Å². The number of anilines is 1. The van der Waals surface area contributed by atoms with E-state index in [9.17, 15) is 5.11 Å². The van der Waals surface area contributed by atoms with Crippen molar-refractivity contribution in [1.82, 2.24) is 24.9 Å². The lowest BCUT2D eigenvalue weighted by atomic mass is 9.77. The van der Waals surface area contributed by atoms with E-state index >= 15 is 0 Å². The van der Waals surface area contributed by atoms with Gasteiger partial charge in [0.1, 0.15) is 5.82 Å². The van der Waals surface area contributed by atoms with E-state index in [1.165, 1.54) is 32.1 Å². The summed E-state index contributed by atoms with van der Waals surface area (Å²) in [5.41, 5.74) is 8.23. The fourth-order valence-corrected chi connectivity index (χ4v) is 6.00. The normalized spacial score (nSPS) is 28.0. The zero-order valence-corrected chi connectivity index (χ0v) is 19.2. The monoisotopic (exact) mass is 456 g/mol. The summed E-state index contributed by atoms with van der Waals surface area (Å²) in [5.74, 6) is 2.51. The topological polar surface area (TPSA) is 130 Å². The maximum Gasteiger partial charge on any atom is 0.290 e. The number of carboxylic acid groups (broad SMARTS) is 1. The van der Waals surface area contributed by atoms with Gasteiger partial charge in [-0.2, -0.15) is 0 Å². The van der Waals surface area contributed by atoms with E-state index in [-0.39, 0.29) is 18.6 Å². The van der Waals surface area contributed by atoms with Crippen molar-refractivity contribution >= 4 is 12.3 Å². The molecule has 5 rings (SSSR count). The molecule has 0 bridgehead atoms. The number of nitrogens with two attached hydrogens (primary N) is 1. The molecule has 2 aliphatic carbocycles. The maximum absolute atomic E-state index is 10.9. The molecule has 9 heteroatoms. The van der Waals surface area contributed by atoms with Gasteiger partial charge in [-0.1, -0.05) is 43.4 Å². The summed E-state index contributed by atoms with van der Waals surface area (Å²) < 4.78 is 1.96. The Morgan fingerprint density at radius 2 is 1.88 bits per heavy atom. The summed E-state index contributed by atoms with van der Waals surface area (Å²) in [6, 6.07) is 4.05. The molecule has 3 aliphatic rings. The van der Waals surface area contributed by atoms with Gasteiger partial charge in [0.15, 0.2) is 0 Å². The number of hydrogen-bond acceptors (Lipinski definition) is 7. The molecule has 2 saturated carbocycles. The van der Waals surface area contributed by atoms with Crippen LogP contribution >= 0.6 is 0 Å². The Hall–Kier alpha value is -2.52. The van der Waals surface area contributed by atoms with E-state index in [0.717, 1.165) is 56.1 Å². The predicted octanol–water partition coefficient (Wildman–Crippen LogP) is 2.52. The summed E-state index contributed by atoms with van der Waals surface area (Å²) >= 11 is 0. The van der Waals surface area contributed by atoms with Crippen LogP contribution in [0.15, 0.2) is 24.5 Å². The molecule has 1 aliphatic heterocycles. The predicted molar refractivity (Wildman–Crippen MR) is 124 cm³/mol. The SMILES string of the molecule is Nc1ncccc1CN1C[C@H]2C[C@@H](n3cc(CC4CCCCC4)nn3)[C@H](O)C[C@H]2C1.O=CO. The van der Waals surface area contributed by atoms with Crippen molar-refractivity contribution in [3.05, 3.63) is 35.8 Å². The van der Waals surface area contributed by atoms with Gasteiger partial charge >= 0.3 is 0 Å². The number of nitrogens with zero attached hydrogens (tertiary/aromatic N) is 5. The Morgan fingerprint density at radius 1 is 1.15 bits per heavy atom. The largest absolute Gasteiger partial charge is 0.483 e. The molecule has 9 nitrogen and oxygen atoms in total. The molecule has 0 spiro atoms. The molecule has 3 heterocycles. The Kier molecular flexibility index (Phi) is 7.93. The number of pyridine rings is 1. The van der Waals surface area contributed by atoms with Gasteiger partial charge in [0.25, 0.3) is 6.47 Å². The number of aromatic nitrogens is 4. The third-order valence-electron chi connectivity index (χ3n) is 7.62. The van der Waals surface area contributed by atoms with Gasteiger partial charge in [0.2, 0.25) is 0 Å². The van der Waals surface area contributed by atoms with Gasteiger partial charge in [-0.05, 0) is 43.1 Å². The summed E-state index contributed by atoms with van der Waals surface area (Å²) in [4.78, 5) is 15.0. The third-order valence-corrected chi connectivity index (χ3v) is 7.62. The number of likely N-dealkylation sites (tertiary alicyclic amines) is 1. The molecular formula is C24H36N6O3. The van der Waals surface area contributed by atoms with Crippen molar-refractivity contribution in [2.24, 2.45) is 17.8 Å². The lowest BCUT2D eigenvalue weighted by molar-refractivity contribution is -0.122. The van der Waals surface area contributed by atoms with Crippen LogP contribution in [0.2, 0.25) is 0 Å². The zero-order valence-electron chi connectivity index (χ0n) is 19.2. The summed E-state index contributed by atoms with van der Waals surface area (Å²) in [6.07, 6.45) is 13.1. The highest BCUT2D eigenvalue weighted by Crippen LogP contribution is 2.41. The van der Waals surface area contributed by atoms with E-state index in [0.29, 0.717) is 17.7 Å². The van der Waals surface area contributed by atoms with E-state index in [2.05, 4.69) is 32.5 Å². The number of aliphatic hydroxyl groups is 1. The number of nitrogen functional groups attached to an aromatic ring is 1.